The van der Waals surface area contributed by atoms with Crippen LogP contribution in [0.25, 0.3) is 11.4 Å². The minimum absolute atomic E-state index is 0.109. The highest BCUT2D eigenvalue weighted by atomic mass is 35.5. The lowest BCUT2D eigenvalue weighted by Crippen LogP contribution is -2.36. The maximum atomic E-state index is 12.2. The van der Waals surface area contributed by atoms with Crippen molar-refractivity contribution in [3.05, 3.63) is 65.0 Å². The predicted octanol–water partition coefficient (Wildman–Crippen LogP) is 3.78. The fourth-order valence-corrected chi connectivity index (χ4v) is 2.55. The van der Waals surface area contributed by atoms with Crippen LogP contribution in [0.3, 0.4) is 0 Å². The van der Waals surface area contributed by atoms with Gasteiger partial charge in [-0.15, -0.1) is 0 Å². The molecule has 3 aromatic rings. The molecule has 3 rings (SSSR count). The van der Waals surface area contributed by atoms with E-state index in [0.29, 0.717) is 22.2 Å². The Balaban J connectivity index is 1.57. The van der Waals surface area contributed by atoms with E-state index < -0.39 is 6.10 Å². The van der Waals surface area contributed by atoms with Gasteiger partial charge in [0, 0.05) is 5.56 Å². The van der Waals surface area contributed by atoms with E-state index in [-0.39, 0.29) is 18.3 Å². The summed E-state index contributed by atoms with van der Waals surface area (Å²) in [5.74, 6) is 1.04. The van der Waals surface area contributed by atoms with Crippen molar-refractivity contribution in [3.8, 4) is 17.1 Å². The third-order valence-corrected chi connectivity index (χ3v) is 4.00. The van der Waals surface area contributed by atoms with E-state index in [1.807, 2.05) is 43.3 Å². The van der Waals surface area contributed by atoms with Gasteiger partial charge in [-0.3, -0.25) is 4.79 Å². The van der Waals surface area contributed by atoms with Gasteiger partial charge in [0.05, 0.1) is 11.6 Å². The van der Waals surface area contributed by atoms with Crippen LogP contribution in [-0.4, -0.2) is 22.2 Å². The van der Waals surface area contributed by atoms with E-state index >= 15 is 0 Å². The molecule has 134 valence electrons. The van der Waals surface area contributed by atoms with Crippen LogP contribution in [0.15, 0.2) is 53.1 Å². The normalized spacial score (nSPS) is 11.8. The summed E-state index contributed by atoms with van der Waals surface area (Å²) in [4.78, 5) is 16.4. The van der Waals surface area contributed by atoms with Gasteiger partial charge in [-0.1, -0.05) is 41.0 Å². The zero-order valence-electron chi connectivity index (χ0n) is 14.4. The Morgan fingerprint density at radius 3 is 2.85 bits per heavy atom. The van der Waals surface area contributed by atoms with Gasteiger partial charge in [0.2, 0.25) is 11.7 Å². The van der Waals surface area contributed by atoms with Gasteiger partial charge < -0.3 is 14.6 Å². The molecule has 0 saturated carbocycles. The van der Waals surface area contributed by atoms with E-state index in [4.69, 9.17) is 20.9 Å². The Bertz CT molecular complexity index is 910. The number of aromatic nitrogens is 2. The average molecular weight is 372 g/mol. The molecule has 6 nitrogen and oxygen atoms in total. The quantitative estimate of drug-likeness (QED) is 0.713. The third kappa shape index (κ3) is 4.40. The molecule has 1 N–H and O–H groups in total. The molecule has 0 spiro atoms. The topological polar surface area (TPSA) is 77.2 Å². The smallest absolute Gasteiger partial charge is 0.261 e. The zero-order chi connectivity index (χ0) is 18.5. The summed E-state index contributed by atoms with van der Waals surface area (Å²) in [5, 5.41) is 7.15. The van der Waals surface area contributed by atoms with Crippen LogP contribution in [-0.2, 0) is 11.3 Å². The number of carbonyl (C=O) groups excluding carboxylic acids is 1. The molecule has 0 aliphatic heterocycles. The molecule has 1 atom stereocenters. The van der Waals surface area contributed by atoms with Crippen molar-refractivity contribution in [3.63, 3.8) is 0 Å². The van der Waals surface area contributed by atoms with Crippen LogP contribution in [0, 0.1) is 6.92 Å². The minimum Gasteiger partial charge on any atom is -0.481 e. The Morgan fingerprint density at radius 2 is 2.08 bits per heavy atom. The van der Waals surface area contributed by atoms with E-state index in [9.17, 15) is 4.79 Å². The first kappa shape index (κ1) is 17.9. The van der Waals surface area contributed by atoms with Crippen molar-refractivity contribution in [1.29, 1.82) is 0 Å². The highest BCUT2D eigenvalue weighted by Gasteiger charge is 2.17. The van der Waals surface area contributed by atoms with E-state index in [1.165, 1.54) is 0 Å². The summed E-state index contributed by atoms with van der Waals surface area (Å²) in [7, 11) is 0. The molecule has 0 saturated heterocycles. The molecule has 1 amide bonds. The first-order valence-corrected chi connectivity index (χ1v) is 8.49. The van der Waals surface area contributed by atoms with Crippen LogP contribution in [0.4, 0.5) is 0 Å². The molecule has 0 aliphatic carbocycles. The molecule has 0 unspecified atom stereocenters. The number of ether oxygens (including phenoxy) is 1. The number of nitrogens with one attached hydrogen (secondary N) is 1. The van der Waals surface area contributed by atoms with Crippen LogP contribution >= 0.6 is 11.6 Å². The zero-order valence-corrected chi connectivity index (χ0v) is 15.2. The number of benzene rings is 2. The second-order valence-electron chi connectivity index (χ2n) is 5.79. The summed E-state index contributed by atoms with van der Waals surface area (Å²) < 4.78 is 10.8. The molecule has 0 fully saturated rings. The van der Waals surface area contributed by atoms with E-state index in [1.54, 1.807) is 19.1 Å². The van der Waals surface area contributed by atoms with E-state index in [0.717, 1.165) is 5.56 Å². The van der Waals surface area contributed by atoms with Gasteiger partial charge in [0.1, 0.15) is 5.75 Å². The average Bonchev–Trinajstić information content (AvgIpc) is 3.09. The molecule has 0 radical (unpaired) electrons. The first-order chi connectivity index (χ1) is 12.5. The van der Waals surface area contributed by atoms with Gasteiger partial charge in [-0.2, -0.15) is 4.98 Å². The second kappa shape index (κ2) is 8.01. The number of amides is 1. The number of hydrogen-bond acceptors (Lipinski definition) is 5. The molecule has 2 aromatic carbocycles. The highest BCUT2D eigenvalue weighted by Crippen LogP contribution is 2.24. The first-order valence-electron chi connectivity index (χ1n) is 8.11. The molecule has 1 aromatic heterocycles. The molecule has 7 heteroatoms. The van der Waals surface area contributed by atoms with Crippen molar-refractivity contribution >= 4 is 17.5 Å². The monoisotopic (exact) mass is 371 g/mol. The van der Waals surface area contributed by atoms with Crippen LogP contribution in [0.5, 0.6) is 5.75 Å². The van der Waals surface area contributed by atoms with Gasteiger partial charge in [-0.25, -0.2) is 0 Å². The summed E-state index contributed by atoms with van der Waals surface area (Å²) in [6.45, 7) is 3.75. The fourth-order valence-electron chi connectivity index (χ4n) is 2.33. The van der Waals surface area contributed by atoms with Crippen molar-refractivity contribution < 1.29 is 14.1 Å². The Hall–Kier alpha value is -2.86. The van der Waals surface area contributed by atoms with Crippen molar-refractivity contribution in [2.75, 3.05) is 0 Å². The molecular formula is C19H18ClN3O3. The summed E-state index contributed by atoms with van der Waals surface area (Å²) >= 11 is 6.12. The largest absolute Gasteiger partial charge is 0.481 e. The highest BCUT2D eigenvalue weighted by molar-refractivity contribution is 6.33. The lowest BCUT2D eigenvalue weighted by molar-refractivity contribution is -0.127. The number of nitrogens with zero attached hydrogens (tertiary/aromatic N) is 2. The summed E-state index contributed by atoms with van der Waals surface area (Å²) in [6.07, 6.45) is -0.650. The predicted molar refractivity (Wildman–Crippen MR) is 97.9 cm³/mol. The van der Waals surface area contributed by atoms with Crippen molar-refractivity contribution in [2.24, 2.45) is 0 Å². The second-order valence-corrected chi connectivity index (χ2v) is 6.19. The van der Waals surface area contributed by atoms with Crippen LogP contribution < -0.4 is 10.1 Å². The summed E-state index contributed by atoms with van der Waals surface area (Å²) in [6, 6.07) is 14.7. The lowest BCUT2D eigenvalue weighted by Gasteiger charge is -2.14. The number of rotatable bonds is 6. The van der Waals surface area contributed by atoms with E-state index in [2.05, 4.69) is 15.5 Å². The molecule has 0 bridgehead atoms. The molecular weight excluding hydrogens is 354 g/mol. The summed E-state index contributed by atoms with van der Waals surface area (Å²) in [5.41, 5.74) is 1.74. The SMILES string of the molecule is Cc1cccc(O[C@@H](C)C(=O)NCc2nc(-c3ccccc3Cl)no2)c1. The Kier molecular flexibility index (Phi) is 5.53. The third-order valence-electron chi connectivity index (χ3n) is 3.67. The minimum atomic E-state index is -0.650. The van der Waals surface area contributed by atoms with Crippen molar-refractivity contribution in [2.45, 2.75) is 26.5 Å². The number of carbonyl (C=O) groups is 1. The van der Waals surface area contributed by atoms with Crippen LogP contribution in [0.2, 0.25) is 5.02 Å². The van der Waals surface area contributed by atoms with Crippen molar-refractivity contribution in [1.82, 2.24) is 15.5 Å². The Morgan fingerprint density at radius 1 is 1.27 bits per heavy atom. The van der Waals surface area contributed by atoms with Crippen LogP contribution in [0.1, 0.15) is 18.4 Å². The number of halogens is 1. The van der Waals surface area contributed by atoms with Gasteiger partial charge in [-0.05, 0) is 43.7 Å². The maximum absolute atomic E-state index is 12.2. The van der Waals surface area contributed by atoms with Gasteiger partial charge >= 0.3 is 0 Å². The Labute approximate surface area is 156 Å². The fraction of sp³-hybridized carbons (Fsp3) is 0.211. The standard InChI is InChI=1S/C19H18ClN3O3/c1-12-6-5-7-14(10-12)25-13(2)19(24)21-11-17-22-18(23-26-17)15-8-3-4-9-16(15)20/h3-10,13H,11H2,1-2H3,(H,21,24)/t13-/m0/s1. The maximum Gasteiger partial charge on any atom is 0.261 e. The number of hydrogen-bond donors (Lipinski definition) is 1. The number of aryl methyl sites for hydroxylation is 1. The lowest BCUT2D eigenvalue weighted by atomic mass is 10.2. The van der Waals surface area contributed by atoms with Gasteiger partial charge in [0.15, 0.2) is 6.10 Å². The molecule has 1 heterocycles. The molecule has 26 heavy (non-hydrogen) atoms. The van der Waals surface area contributed by atoms with Gasteiger partial charge in [0.25, 0.3) is 5.91 Å². The molecule has 0 aliphatic rings.